The monoisotopic (exact) mass is 340 g/mol. The molecule has 0 unspecified atom stereocenters. The predicted molar refractivity (Wildman–Crippen MR) is 96.7 cm³/mol. The largest absolute Gasteiger partial charge is 0.294 e. The minimum atomic E-state index is -4.14. The summed E-state index contributed by atoms with van der Waals surface area (Å²) in [5.41, 5.74) is 1.87. The van der Waals surface area contributed by atoms with E-state index in [-0.39, 0.29) is 10.8 Å². The van der Waals surface area contributed by atoms with Crippen LogP contribution in [0.15, 0.2) is 23.1 Å². The van der Waals surface area contributed by atoms with Gasteiger partial charge in [0.2, 0.25) is 0 Å². The average Bonchev–Trinajstić information content (AvgIpc) is 2.48. The number of aryl methyl sites for hydroxylation is 1. The molecule has 132 valence electrons. The fourth-order valence-electron chi connectivity index (χ4n) is 2.90. The van der Waals surface area contributed by atoms with Crippen LogP contribution in [0.4, 0.5) is 0 Å². The van der Waals surface area contributed by atoms with Crippen molar-refractivity contribution in [3.8, 4) is 0 Å². The molecule has 1 rings (SSSR count). The van der Waals surface area contributed by atoms with E-state index in [1.165, 1.54) is 44.9 Å². The molecule has 0 saturated heterocycles. The highest BCUT2D eigenvalue weighted by molar-refractivity contribution is 7.85. The van der Waals surface area contributed by atoms with Crippen LogP contribution in [0.1, 0.15) is 89.2 Å². The number of rotatable bonds is 11. The lowest BCUT2D eigenvalue weighted by atomic mass is 9.98. The SMILES string of the molecule is CCCCCCCCCCc1ccc(S(=O)(=O)O)c(C(C)C)c1. The van der Waals surface area contributed by atoms with Crippen LogP contribution in [0.25, 0.3) is 0 Å². The van der Waals surface area contributed by atoms with Crippen LogP contribution < -0.4 is 0 Å². The smallest absolute Gasteiger partial charge is 0.282 e. The third kappa shape index (κ3) is 7.49. The lowest BCUT2D eigenvalue weighted by Gasteiger charge is -2.13. The van der Waals surface area contributed by atoms with Crippen molar-refractivity contribution in [3.05, 3.63) is 29.3 Å². The maximum Gasteiger partial charge on any atom is 0.294 e. The van der Waals surface area contributed by atoms with Crippen molar-refractivity contribution < 1.29 is 13.0 Å². The van der Waals surface area contributed by atoms with Crippen LogP contribution in [0.5, 0.6) is 0 Å². The van der Waals surface area contributed by atoms with Crippen molar-refractivity contribution in [2.75, 3.05) is 0 Å². The van der Waals surface area contributed by atoms with Gasteiger partial charge in [0.15, 0.2) is 0 Å². The third-order valence-corrected chi connectivity index (χ3v) is 5.22. The first-order valence-corrected chi connectivity index (χ1v) is 10.4. The van der Waals surface area contributed by atoms with E-state index in [4.69, 9.17) is 0 Å². The van der Waals surface area contributed by atoms with E-state index in [1.807, 2.05) is 26.0 Å². The van der Waals surface area contributed by atoms with E-state index in [0.29, 0.717) is 5.56 Å². The number of hydrogen-bond donors (Lipinski definition) is 1. The fraction of sp³-hybridized carbons (Fsp3) is 0.684. The van der Waals surface area contributed by atoms with Crippen LogP contribution in [0.3, 0.4) is 0 Å². The molecule has 0 saturated carbocycles. The number of benzene rings is 1. The molecule has 0 radical (unpaired) electrons. The van der Waals surface area contributed by atoms with Crippen molar-refractivity contribution in [1.29, 1.82) is 0 Å². The maximum absolute atomic E-state index is 11.4. The minimum Gasteiger partial charge on any atom is -0.282 e. The zero-order chi connectivity index (χ0) is 17.3. The molecule has 0 aliphatic carbocycles. The van der Waals surface area contributed by atoms with E-state index in [0.717, 1.165) is 18.4 Å². The second-order valence-corrected chi connectivity index (χ2v) is 8.12. The van der Waals surface area contributed by atoms with Gasteiger partial charge in [-0.15, -0.1) is 0 Å². The molecule has 23 heavy (non-hydrogen) atoms. The summed E-state index contributed by atoms with van der Waals surface area (Å²) in [5, 5.41) is 0. The fourth-order valence-corrected chi connectivity index (χ4v) is 3.74. The highest BCUT2D eigenvalue weighted by atomic mass is 32.2. The molecule has 1 aromatic rings. The third-order valence-electron chi connectivity index (χ3n) is 4.29. The van der Waals surface area contributed by atoms with E-state index in [1.54, 1.807) is 6.07 Å². The zero-order valence-electron chi connectivity index (χ0n) is 14.8. The highest BCUT2D eigenvalue weighted by Gasteiger charge is 2.17. The summed E-state index contributed by atoms with van der Waals surface area (Å²) < 4.78 is 32.2. The van der Waals surface area contributed by atoms with Crippen LogP contribution >= 0.6 is 0 Å². The Kier molecular flexibility index (Phi) is 8.85. The molecular formula is C19H32O3S. The molecule has 0 aliphatic rings. The van der Waals surface area contributed by atoms with Gasteiger partial charge in [-0.25, -0.2) is 0 Å². The van der Waals surface area contributed by atoms with Crippen LogP contribution in [0, 0.1) is 0 Å². The number of unbranched alkanes of at least 4 members (excludes halogenated alkanes) is 7. The Bertz CT molecular complexity index is 562. The Morgan fingerprint density at radius 2 is 1.52 bits per heavy atom. The van der Waals surface area contributed by atoms with Gasteiger partial charge in [0, 0.05) is 0 Å². The van der Waals surface area contributed by atoms with Gasteiger partial charge in [-0.3, -0.25) is 4.55 Å². The second kappa shape index (κ2) is 10.1. The average molecular weight is 341 g/mol. The Labute approximate surface area is 142 Å². The first kappa shape index (κ1) is 20.2. The first-order chi connectivity index (χ1) is 10.9. The molecule has 0 spiro atoms. The van der Waals surface area contributed by atoms with Gasteiger partial charge < -0.3 is 0 Å². The first-order valence-electron chi connectivity index (χ1n) is 8.96. The lowest BCUT2D eigenvalue weighted by molar-refractivity contribution is 0.481. The molecule has 0 amide bonds. The van der Waals surface area contributed by atoms with Gasteiger partial charge in [-0.05, 0) is 36.0 Å². The van der Waals surface area contributed by atoms with E-state index in [2.05, 4.69) is 6.92 Å². The van der Waals surface area contributed by atoms with Crippen molar-refractivity contribution in [3.63, 3.8) is 0 Å². The zero-order valence-corrected chi connectivity index (χ0v) is 15.7. The van der Waals surface area contributed by atoms with Gasteiger partial charge in [-0.2, -0.15) is 8.42 Å². The Hall–Kier alpha value is -0.870. The quantitative estimate of drug-likeness (QED) is 0.413. The maximum atomic E-state index is 11.4. The summed E-state index contributed by atoms with van der Waals surface area (Å²) in [4.78, 5) is 0.0483. The van der Waals surface area contributed by atoms with Crippen molar-refractivity contribution in [2.45, 2.75) is 89.4 Å². The predicted octanol–water partition coefficient (Wildman–Crippen LogP) is 5.74. The molecule has 0 aliphatic heterocycles. The number of hydrogen-bond acceptors (Lipinski definition) is 2. The van der Waals surface area contributed by atoms with Crippen LogP contribution in [-0.2, 0) is 16.5 Å². The Morgan fingerprint density at radius 3 is 2.04 bits per heavy atom. The van der Waals surface area contributed by atoms with E-state index < -0.39 is 10.1 Å². The van der Waals surface area contributed by atoms with Crippen molar-refractivity contribution in [1.82, 2.24) is 0 Å². The van der Waals surface area contributed by atoms with Gasteiger partial charge in [0.05, 0.1) is 4.90 Å². The molecule has 0 heterocycles. The molecule has 0 fully saturated rings. The van der Waals surface area contributed by atoms with E-state index >= 15 is 0 Å². The summed E-state index contributed by atoms with van der Waals surface area (Å²) in [6.45, 7) is 6.13. The summed E-state index contributed by atoms with van der Waals surface area (Å²) in [7, 11) is -4.14. The molecule has 1 N–H and O–H groups in total. The van der Waals surface area contributed by atoms with Gasteiger partial charge >= 0.3 is 0 Å². The van der Waals surface area contributed by atoms with Crippen molar-refractivity contribution >= 4 is 10.1 Å². The van der Waals surface area contributed by atoms with Gasteiger partial charge in [-0.1, -0.05) is 77.8 Å². The van der Waals surface area contributed by atoms with Gasteiger partial charge in [0.25, 0.3) is 10.1 Å². The van der Waals surface area contributed by atoms with Crippen molar-refractivity contribution in [2.24, 2.45) is 0 Å². The lowest BCUT2D eigenvalue weighted by Crippen LogP contribution is -2.05. The second-order valence-electron chi connectivity index (χ2n) is 6.73. The summed E-state index contributed by atoms with van der Waals surface area (Å²) in [5.74, 6) is 0.0745. The molecule has 3 nitrogen and oxygen atoms in total. The Morgan fingerprint density at radius 1 is 0.957 bits per heavy atom. The summed E-state index contributed by atoms with van der Waals surface area (Å²) >= 11 is 0. The molecule has 4 heteroatoms. The molecule has 0 atom stereocenters. The normalized spacial score (nSPS) is 12.0. The molecule has 1 aromatic carbocycles. The van der Waals surface area contributed by atoms with Crippen LogP contribution in [0.2, 0.25) is 0 Å². The summed E-state index contributed by atoms with van der Waals surface area (Å²) in [6.07, 6.45) is 11.3. The Balaban J connectivity index is 2.48. The van der Waals surface area contributed by atoms with Gasteiger partial charge in [0.1, 0.15) is 0 Å². The topological polar surface area (TPSA) is 54.4 Å². The highest BCUT2D eigenvalue weighted by Crippen LogP contribution is 2.25. The van der Waals surface area contributed by atoms with Crippen LogP contribution in [-0.4, -0.2) is 13.0 Å². The molecular weight excluding hydrogens is 308 g/mol. The standard InChI is InChI=1S/C19H32O3S/c1-4-5-6-7-8-9-10-11-12-17-13-14-19(23(20,21)22)18(15-17)16(2)3/h13-16H,4-12H2,1-3H3,(H,20,21,22). The minimum absolute atomic E-state index is 0.0483. The molecule has 0 aromatic heterocycles. The summed E-state index contributed by atoms with van der Waals surface area (Å²) in [6, 6.07) is 5.32. The molecule has 0 bridgehead atoms. The van der Waals surface area contributed by atoms with E-state index in [9.17, 15) is 13.0 Å².